The second kappa shape index (κ2) is 7.93. The van der Waals surface area contributed by atoms with Crippen LogP contribution in [0.2, 0.25) is 0 Å². The van der Waals surface area contributed by atoms with E-state index < -0.39 is 35.1 Å². The van der Waals surface area contributed by atoms with Crippen molar-refractivity contribution in [3.63, 3.8) is 0 Å². The molecule has 0 spiro atoms. The first-order chi connectivity index (χ1) is 12.5. The molecule has 1 aliphatic rings. The first kappa shape index (κ1) is 22.5. The van der Waals surface area contributed by atoms with E-state index in [1.165, 1.54) is 24.3 Å². The monoisotopic (exact) mass is 425 g/mol. The molecule has 1 fully saturated rings. The molecule has 1 unspecified atom stereocenters. The van der Waals surface area contributed by atoms with Crippen LogP contribution in [0.5, 0.6) is 0 Å². The highest BCUT2D eigenvalue weighted by molar-refractivity contribution is 5.85. The average Bonchev–Trinajstić information content (AvgIpc) is 3.15. The highest BCUT2D eigenvalue weighted by Gasteiger charge is 2.42. The minimum atomic E-state index is -4.52. The first-order valence-corrected chi connectivity index (χ1v) is 8.34. The second-order valence-electron chi connectivity index (χ2n) is 6.57. The highest BCUT2D eigenvalue weighted by Crippen LogP contribution is 2.39. The normalized spacial score (nSPS) is 18.0. The largest absolute Gasteiger partial charge is 0.416 e. The zero-order valence-electron chi connectivity index (χ0n) is 14.4. The lowest BCUT2D eigenvalue weighted by Crippen LogP contribution is -2.46. The molecule has 0 amide bonds. The van der Waals surface area contributed by atoms with Crippen LogP contribution in [0.1, 0.15) is 35.1 Å². The third kappa shape index (κ3) is 4.29. The quantitative estimate of drug-likeness (QED) is 0.668. The van der Waals surface area contributed by atoms with Crippen molar-refractivity contribution in [3.8, 4) is 0 Å². The van der Waals surface area contributed by atoms with Crippen LogP contribution in [0.3, 0.4) is 0 Å². The summed E-state index contributed by atoms with van der Waals surface area (Å²) < 4.78 is 76.9. The molecule has 0 bridgehead atoms. The molecule has 154 valence electrons. The van der Waals surface area contributed by atoms with Gasteiger partial charge in [0, 0.05) is 6.04 Å². The molecule has 2 N–H and O–H groups in total. The molecule has 28 heavy (non-hydrogen) atoms. The Hall–Kier alpha value is -1.77. The zero-order chi connectivity index (χ0) is 19.9. The van der Waals surface area contributed by atoms with Crippen molar-refractivity contribution in [1.82, 2.24) is 5.32 Å². The van der Waals surface area contributed by atoms with Crippen molar-refractivity contribution in [2.45, 2.75) is 36.8 Å². The Bertz CT molecular complexity index is 723. The van der Waals surface area contributed by atoms with Gasteiger partial charge in [-0.3, -0.25) is 0 Å². The van der Waals surface area contributed by atoms with E-state index in [-0.39, 0.29) is 23.5 Å². The van der Waals surface area contributed by atoms with Gasteiger partial charge in [0.1, 0.15) is 5.60 Å². The molecule has 1 heterocycles. The smallest absolute Gasteiger partial charge is 0.379 e. The Morgan fingerprint density at radius 1 is 0.714 bits per heavy atom. The lowest BCUT2D eigenvalue weighted by atomic mass is 9.79. The fraction of sp³-hybridized carbons (Fsp3) is 0.368. The summed E-state index contributed by atoms with van der Waals surface area (Å²) in [5.41, 5.74) is -3.09. The van der Waals surface area contributed by atoms with Crippen LogP contribution in [0.15, 0.2) is 48.5 Å². The van der Waals surface area contributed by atoms with Gasteiger partial charge in [0.05, 0.1) is 11.1 Å². The number of benzene rings is 2. The zero-order valence-corrected chi connectivity index (χ0v) is 15.3. The lowest BCUT2D eigenvalue weighted by Gasteiger charge is -2.35. The minimum absolute atomic E-state index is 0. The Morgan fingerprint density at radius 2 is 1.07 bits per heavy atom. The Balaban J connectivity index is 0.00000280. The maximum atomic E-state index is 12.8. The standard InChI is InChI=1S/C19H17F6NO.ClH/c20-18(21,22)14-7-3-12(4-8-14)17(27,16-2-1-11-26-16)13-5-9-15(10-6-13)19(23,24)25;/h3-10,16,26-27H,1-2,11H2;1H. The topological polar surface area (TPSA) is 32.3 Å². The summed E-state index contributed by atoms with van der Waals surface area (Å²) in [7, 11) is 0. The van der Waals surface area contributed by atoms with Gasteiger partial charge in [0.25, 0.3) is 0 Å². The summed E-state index contributed by atoms with van der Waals surface area (Å²) in [4.78, 5) is 0. The van der Waals surface area contributed by atoms with E-state index in [4.69, 9.17) is 0 Å². The summed E-state index contributed by atoms with van der Waals surface area (Å²) >= 11 is 0. The van der Waals surface area contributed by atoms with E-state index in [2.05, 4.69) is 5.32 Å². The van der Waals surface area contributed by atoms with Gasteiger partial charge in [0.15, 0.2) is 0 Å². The molecule has 2 aromatic rings. The molecule has 9 heteroatoms. The van der Waals surface area contributed by atoms with Crippen molar-refractivity contribution in [2.75, 3.05) is 6.54 Å². The summed E-state index contributed by atoms with van der Waals surface area (Å²) in [5.74, 6) is 0. The van der Waals surface area contributed by atoms with E-state index in [0.717, 1.165) is 30.7 Å². The maximum Gasteiger partial charge on any atom is 0.416 e. The van der Waals surface area contributed by atoms with E-state index >= 15 is 0 Å². The molecule has 2 nitrogen and oxygen atoms in total. The van der Waals surface area contributed by atoms with Crippen LogP contribution in [-0.2, 0) is 18.0 Å². The number of halogens is 7. The molecule has 0 aliphatic carbocycles. The molecule has 0 aromatic heterocycles. The summed E-state index contributed by atoms with van der Waals surface area (Å²) in [6.07, 6.45) is -7.75. The number of hydrogen-bond acceptors (Lipinski definition) is 2. The fourth-order valence-electron chi connectivity index (χ4n) is 3.44. The molecule has 1 aliphatic heterocycles. The van der Waals surface area contributed by atoms with Crippen LogP contribution in [0, 0.1) is 0 Å². The third-order valence-electron chi connectivity index (χ3n) is 4.87. The first-order valence-electron chi connectivity index (χ1n) is 8.34. The van der Waals surface area contributed by atoms with Crippen molar-refractivity contribution >= 4 is 12.4 Å². The third-order valence-corrected chi connectivity index (χ3v) is 4.87. The number of nitrogens with one attached hydrogen (secondary N) is 1. The van der Waals surface area contributed by atoms with Crippen LogP contribution >= 0.6 is 12.4 Å². The van der Waals surface area contributed by atoms with Gasteiger partial charge in [-0.2, -0.15) is 26.3 Å². The molecule has 1 atom stereocenters. The number of alkyl halides is 6. The van der Waals surface area contributed by atoms with Gasteiger partial charge in [0.2, 0.25) is 0 Å². The summed E-state index contributed by atoms with van der Waals surface area (Å²) in [6, 6.07) is 7.59. The summed E-state index contributed by atoms with van der Waals surface area (Å²) in [5, 5.41) is 14.5. The highest BCUT2D eigenvalue weighted by atomic mass is 35.5. The molecule has 0 saturated carbocycles. The van der Waals surface area contributed by atoms with E-state index in [0.29, 0.717) is 13.0 Å². The van der Waals surface area contributed by atoms with Crippen molar-refractivity contribution < 1.29 is 31.4 Å². The van der Waals surface area contributed by atoms with Crippen molar-refractivity contribution in [2.24, 2.45) is 0 Å². The van der Waals surface area contributed by atoms with Crippen LogP contribution in [0.4, 0.5) is 26.3 Å². The molecule has 2 aromatic carbocycles. The van der Waals surface area contributed by atoms with Gasteiger partial charge in [-0.05, 0) is 54.8 Å². The van der Waals surface area contributed by atoms with Crippen LogP contribution in [-0.4, -0.2) is 17.7 Å². The molecule has 0 radical (unpaired) electrons. The second-order valence-corrected chi connectivity index (χ2v) is 6.57. The van der Waals surface area contributed by atoms with Gasteiger partial charge >= 0.3 is 12.4 Å². The van der Waals surface area contributed by atoms with Gasteiger partial charge in [-0.25, -0.2) is 0 Å². The number of rotatable bonds is 3. The number of hydrogen-bond donors (Lipinski definition) is 2. The van der Waals surface area contributed by atoms with Crippen LogP contribution < -0.4 is 5.32 Å². The van der Waals surface area contributed by atoms with Gasteiger partial charge in [-0.1, -0.05) is 24.3 Å². The van der Waals surface area contributed by atoms with Gasteiger partial charge in [-0.15, -0.1) is 12.4 Å². The van der Waals surface area contributed by atoms with Crippen LogP contribution in [0.25, 0.3) is 0 Å². The molecular weight excluding hydrogens is 408 g/mol. The van der Waals surface area contributed by atoms with E-state index in [9.17, 15) is 31.4 Å². The predicted molar refractivity (Wildman–Crippen MR) is 94.2 cm³/mol. The number of aliphatic hydroxyl groups is 1. The molecular formula is C19H18ClF6NO. The Labute approximate surface area is 164 Å². The SMILES string of the molecule is Cl.OC(c1ccc(C(F)(F)F)cc1)(c1ccc(C(F)(F)F)cc1)C1CCCN1. The predicted octanol–water partition coefficient (Wildman–Crippen LogP) is 5.13. The van der Waals surface area contributed by atoms with Crippen molar-refractivity contribution in [3.05, 3.63) is 70.8 Å². The maximum absolute atomic E-state index is 12.8. The Kier molecular flexibility index (Phi) is 6.37. The molecule has 1 saturated heterocycles. The minimum Gasteiger partial charge on any atom is -0.379 e. The summed E-state index contributed by atoms with van der Waals surface area (Å²) in [6.45, 7) is 0.605. The van der Waals surface area contributed by atoms with E-state index in [1.54, 1.807) is 0 Å². The molecule has 3 rings (SSSR count). The Morgan fingerprint density at radius 3 is 1.36 bits per heavy atom. The van der Waals surface area contributed by atoms with Gasteiger partial charge < -0.3 is 10.4 Å². The average molecular weight is 426 g/mol. The van der Waals surface area contributed by atoms with E-state index in [1.807, 2.05) is 0 Å². The lowest BCUT2D eigenvalue weighted by molar-refractivity contribution is -0.138. The fourth-order valence-corrected chi connectivity index (χ4v) is 3.44. The van der Waals surface area contributed by atoms with Crippen molar-refractivity contribution in [1.29, 1.82) is 0 Å².